The number of hydrogen-bond acceptors (Lipinski definition) is 8. The number of nitrogens with two attached hydrogens (primary N) is 2. The van der Waals surface area contributed by atoms with E-state index in [1.807, 2.05) is 5.32 Å². The first-order valence-corrected chi connectivity index (χ1v) is 7.62. The Morgan fingerprint density at radius 1 is 1.19 bits per heavy atom. The summed E-state index contributed by atoms with van der Waals surface area (Å²) in [5.74, 6) is -2.87. The number of nitrogens with zero attached hydrogens (tertiary/aromatic N) is 1. The summed E-state index contributed by atoms with van der Waals surface area (Å²) in [6.07, 6.45) is -1.38. The van der Waals surface area contributed by atoms with Crippen molar-refractivity contribution in [2.45, 2.75) is 37.6 Å². The highest BCUT2D eigenvalue weighted by molar-refractivity contribution is 5.83. The van der Waals surface area contributed by atoms with E-state index >= 15 is 0 Å². The second-order valence-electron chi connectivity index (χ2n) is 5.68. The van der Waals surface area contributed by atoms with Crippen molar-refractivity contribution in [2.75, 3.05) is 20.2 Å². The summed E-state index contributed by atoms with van der Waals surface area (Å²) in [4.78, 5) is 45.5. The summed E-state index contributed by atoms with van der Waals surface area (Å²) in [7, 11) is 1.42. The number of primary amides is 1. The minimum atomic E-state index is -1.52. The highest BCUT2D eigenvalue weighted by atomic mass is 16.4. The fourth-order valence-electron chi connectivity index (χ4n) is 1.83. The maximum absolute atomic E-state index is 11.8. The number of carbonyl (C=O) groups is 4. The van der Waals surface area contributed by atoms with E-state index in [2.05, 4.69) is 10.7 Å². The molecule has 0 saturated heterocycles. The van der Waals surface area contributed by atoms with Gasteiger partial charge in [-0.15, -0.1) is 0 Å². The SMILES string of the molecule is CC(O)[C@H](N)C(=O)NN(C)C[C@H](CC(N)=O)NC(=O)N[C@@H](CO)C(=O)O. The second kappa shape index (κ2) is 11.2. The molecular weight excluding hydrogens is 352 g/mol. The van der Waals surface area contributed by atoms with E-state index < -0.39 is 54.7 Å². The Bertz CT molecular complexity index is 515. The van der Waals surface area contributed by atoms with Crippen LogP contribution in [0.15, 0.2) is 0 Å². The number of urea groups is 1. The van der Waals surface area contributed by atoms with Crippen molar-refractivity contribution in [3.63, 3.8) is 0 Å². The van der Waals surface area contributed by atoms with Gasteiger partial charge in [0.05, 0.1) is 18.8 Å². The van der Waals surface area contributed by atoms with Gasteiger partial charge in [-0.1, -0.05) is 0 Å². The number of likely N-dealkylation sites (N-methyl/N-ethyl adjacent to an activating group) is 1. The normalized spacial score (nSPS) is 15.5. The van der Waals surface area contributed by atoms with Gasteiger partial charge in [0.1, 0.15) is 6.04 Å². The molecule has 0 bridgehead atoms. The topological polar surface area (TPSA) is 220 Å². The summed E-state index contributed by atoms with van der Waals surface area (Å²) < 4.78 is 0. The fourth-order valence-corrected chi connectivity index (χ4v) is 1.83. The summed E-state index contributed by atoms with van der Waals surface area (Å²) in [6.45, 7) is 0.438. The standard InChI is InChI=1S/C13H26N6O7/c1-6(21)10(15)11(23)18-19(2)4-7(3-9(14)22)16-13(26)17-8(5-20)12(24)25/h6-8,10,20-21H,3-5,15H2,1-2H3,(H2,14,22)(H,18,23)(H,24,25)(H2,16,17,26)/t6?,7-,8-,10-/m0/s1. The van der Waals surface area contributed by atoms with E-state index in [0.29, 0.717) is 0 Å². The summed E-state index contributed by atoms with van der Waals surface area (Å²) >= 11 is 0. The summed E-state index contributed by atoms with van der Waals surface area (Å²) in [5, 5.41) is 32.5. The molecule has 0 rings (SSSR count). The molecule has 0 aromatic rings. The number of carbonyl (C=O) groups excluding carboxylic acids is 3. The Morgan fingerprint density at radius 2 is 1.77 bits per heavy atom. The lowest BCUT2D eigenvalue weighted by atomic mass is 10.2. The molecule has 0 aromatic heterocycles. The lowest BCUT2D eigenvalue weighted by molar-refractivity contribution is -0.140. The third kappa shape index (κ3) is 9.12. The molecule has 0 saturated carbocycles. The quantitative estimate of drug-likeness (QED) is 0.162. The van der Waals surface area contributed by atoms with Crippen molar-refractivity contribution < 1.29 is 34.5 Å². The molecule has 13 nitrogen and oxygen atoms in total. The first-order chi connectivity index (χ1) is 12.0. The van der Waals surface area contributed by atoms with Crippen LogP contribution >= 0.6 is 0 Å². The van der Waals surface area contributed by atoms with E-state index in [0.717, 1.165) is 0 Å². The summed E-state index contributed by atoms with van der Waals surface area (Å²) in [6, 6.07) is -4.53. The fraction of sp³-hybridized carbons (Fsp3) is 0.692. The smallest absolute Gasteiger partial charge is 0.328 e. The predicted octanol–water partition coefficient (Wildman–Crippen LogP) is -4.35. The molecule has 1 unspecified atom stereocenters. The number of nitrogens with one attached hydrogen (secondary N) is 3. The Hall–Kier alpha value is -2.48. The zero-order valence-corrected chi connectivity index (χ0v) is 14.5. The lowest BCUT2D eigenvalue weighted by Crippen LogP contribution is -2.57. The van der Waals surface area contributed by atoms with E-state index in [1.54, 1.807) is 0 Å². The number of hydrogen-bond donors (Lipinski definition) is 8. The molecular formula is C13H26N6O7. The van der Waals surface area contributed by atoms with Crippen LogP contribution in [0, 0.1) is 0 Å². The first-order valence-electron chi connectivity index (χ1n) is 7.62. The van der Waals surface area contributed by atoms with Crippen LogP contribution in [0.5, 0.6) is 0 Å². The third-order valence-electron chi connectivity index (χ3n) is 3.19. The predicted molar refractivity (Wildman–Crippen MR) is 88.2 cm³/mol. The van der Waals surface area contributed by atoms with Gasteiger partial charge < -0.3 is 37.4 Å². The van der Waals surface area contributed by atoms with Gasteiger partial charge in [-0.2, -0.15) is 0 Å². The molecule has 0 heterocycles. The van der Waals surface area contributed by atoms with Crippen molar-refractivity contribution in [2.24, 2.45) is 11.5 Å². The van der Waals surface area contributed by atoms with Gasteiger partial charge in [-0.3, -0.25) is 15.0 Å². The lowest BCUT2D eigenvalue weighted by Gasteiger charge is -2.26. The van der Waals surface area contributed by atoms with Gasteiger partial charge in [0.15, 0.2) is 6.04 Å². The van der Waals surface area contributed by atoms with Gasteiger partial charge in [0.2, 0.25) is 5.91 Å². The van der Waals surface area contributed by atoms with Crippen molar-refractivity contribution in [3.05, 3.63) is 0 Å². The molecule has 0 aliphatic rings. The largest absolute Gasteiger partial charge is 0.480 e. The van der Waals surface area contributed by atoms with Crippen molar-refractivity contribution >= 4 is 23.8 Å². The minimum absolute atomic E-state index is 0.0779. The maximum atomic E-state index is 11.8. The average Bonchev–Trinajstić information content (AvgIpc) is 2.50. The van der Waals surface area contributed by atoms with E-state index in [1.165, 1.54) is 19.0 Å². The number of hydrazine groups is 1. The van der Waals surface area contributed by atoms with Crippen molar-refractivity contribution in [1.82, 2.24) is 21.1 Å². The number of aliphatic hydroxyl groups is 2. The number of aliphatic carboxylic acids is 1. The first kappa shape index (κ1) is 23.5. The Morgan fingerprint density at radius 3 is 2.19 bits per heavy atom. The zero-order valence-electron chi connectivity index (χ0n) is 14.5. The molecule has 0 aromatic carbocycles. The molecule has 0 spiro atoms. The van der Waals surface area contributed by atoms with E-state index in [-0.39, 0.29) is 13.0 Å². The number of carboxylic acids is 1. The van der Waals surface area contributed by atoms with Crippen LogP contribution in [0.3, 0.4) is 0 Å². The Labute approximate surface area is 149 Å². The molecule has 0 aliphatic heterocycles. The van der Waals surface area contributed by atoms with Crippen molar-refractivity contribution in [3.8, 4) is 0 Å². The number of aliphatic hydroxyl groups excluding tert-OH is 2. The molecule has 0 aliphatic carbocycles. The van der Waals surface area contributed by atoms with Crippen molar-refractivity contribution in [1.29, 1.82) is 0 Å². The minimum Gasteiger partial charge on any atom is -0.480 e. The van der Waals surface area contributed by atoms with Gasteiger partial charge in [0.25, 0.3) is 5.91 Å². The van der Waals surface area contributed by atoms with Crippen LogP contribution in [0.2, 0.25) is 0 Å². The maximum Gasteiger partial charge on any atom is 0.328 e. The van der Waals surface area contributed by atoms with E-state index in [9.17, 15) is 24.3 Å². The van der Waals surface area contributed by atoms with Gasteiger partial charge in [0, 0.05) is 20.0 Å². The van der Waals surface area contributed by atoms with Crippen LogP contribution in [0.1, 0.15) is 13.3 Å². The van der Waals surface area contributed by atoms with Gasteiger partial charge >= 0.3 is 12.0 Å². The van der Waals surface area contributed by atoms with Crippen LogP contribution in [-0.2, 0) is 14.4 Å². The highest BCUT2D eigenvalue weighted by Crippen LogP contribution is 1.96. The number of rotatable bonds is 11. The van der Waals surface area contributed by atoms with Crippen LogP contribution < -0.4 is 27.5 Å². The molecule has 4 amide bonds. The highest BCUT2D eigenvalue weighted by Gasteiger charge is 2.24. The van der Waals surface area contributed by atoms with Crippen LogP contribution in [0.4, 0.5) is 4.79 Å². The zero-order chi connectivity index (χ0) is 20.4. The average molecular weight is 378 g/mol. The Kier molecular flexibility index (Phi) is 10.1. The molecule has 26 heavy (non-hydrogen) atoms. The van der Waals surface area contributed by atoms with E-state index in [4.69, 9.17) is 21.7 Å². The molecule has 13 heteroatoms. The van der Waals surface area contributed by atoms with Gasteiger partial charge in [-0.05, 0) is 6.92 Å². The van der Waals surface area contributed by atoms with Crippen LogP contribution in [0.25, 0.3) is 0 Å². The Balaban J connectivity index is 4.78. The molecule has 4 atom stereocenters. The second-order valence-corrected chi connectivity index (χ2v) is 5.68. The molecule has 10 N–H and O–H groups in total. The monoisotopic (exact) mass is 378 g/mol. The van der Waals surface area contributed by atoms with Gasteiger partial charge in [-0.25, -0.2) is 14.6 Å². The number of amides is 4. The third-order valence-corrected chi connectivity index (χ3v) is 3.19. The molecule has 150 valence electrons. The molecule has 0 radical (unpaired) electrons. The molecule has 0 fully saturated rings. The van der Waals surface area contributed by atoms with Crippen LogP contribution in [-0.4, -0.2) is 88.6 Å². The summed E-state index contributed by atoms with van der Waals surface area (Å²) in [5.41, 5.74) is 12.9. The number of carboxylic acid groups (broad SMARTS) is 1.